The highest BCUT2D eigenvalue weighted by Gasteiger charge is 2.52. The van der Waals surface area contributed by atoms with E-state index < -0.39 is 11.9 Å². The predicted octanol–water partition coefficient (Wildman–Crippen LogP) is 0.368. The molecule has 0 aromatic rings. The summed E-state index contributed by atoms with van der Waals surface area (Å²) in [6.07, 6.45) is 4.80. The Kier molecular flexibility index (Phi) is 2.86. The van der Waals surface area contributed by atoms with Gasteiger partial charge in [0.05, 0.1) is 25.0 Å². The van der Waals surface area contributed by atoms with Crippen molar-refractivity contribution in [1.29, 1.82) is 0 Å². The molecule has 3 rings (SSSR count). The van der Waals surface area contributed by atoms with Crippen molar-refractivity contribution >= 4 is 11.9 Å². The van der Waals surface area contributed by atoms with Crippen molar-refractivity contribution in [3.8, 4) is 0 Å². The summed E-state index contributed by atoms with van der Waals surface area (Å²) in [7, 11) is 0. The first-order valence-corrected chi connectivity index (χ1v) is 6.46. The van der Waals surface area contributed by atoms with Crippen LogP contribution in [0.4, 0.5) is 0 Å². The van der Waals surface area contributed by atoms with Gasteiger partial charge in [-0.05, 0) is 18.3 Å². The second-order valence-corrected chi connectivity index (χ2v) is 5.28. The van der Waals surface area contributed by atoms with Crippen LogP contribution in [0.2, 0.25) is 0 Å². The van der Waals surface area contributed by atoms with Gasteiger partial charge in [0.15, 0.2) is 0 Å². The molecule has 98 valence electrons. The molecule has 0 spiro atoms. The Morgan fingerprint density at radius 2 is 1.72 bits per heavy atom. The molecule has 2 bridgehead atoms. The molecule has 1 saturated carbocycles. The minimum absolute atomic E-state index is 0.00236. The van der Waals surface area contributed by atoms with Gasteiger partial charge in [0.25, 0.3) is 0 Å². The second-order valence-electron chi connectivity index (χ2n) is 5.28. The number of aliphatic carboxylic acids is 1. The van der Waals surface area contributed by atoms with Crippen LogP contribution >= 0.6 is 0 Å². The molecule has 2 aliphatic carbocycles. The molecule has 4 atom stereocenters. The molecule has 1 saturated heterocycles. The second kappa shape index (κ2) is 4.39. The molecule has 2 fully saturated rings. The Morgan fingerprint density at radius 1 is 1.11 bits per heavy atom. The first-order chi connectivity index (χ1) is 8.68. The van der Waals surface area contributed by atoms with Crippen LogP contribution in [-0.2, 0) is 14.3 Å². The summed E-state index contributed by atoms with van der Waals surface area (Å²) in [5.41, 5.74) is 0. The summed E-state index contributed by atoms with van der Waals surface area (Å²) < 4.78 is 5.22. The van der Waals surface area contributed by atoms with Crippen LogP contribution in [-0.4, -0.2) is 48.2 Å². The Bertz CT molecular complexity index is 400. The van der Waals surface area contributed by atoms with Gasteiger partial charge < -0.3 is 14.7 Å². The molecule has 0 unspecified atom stereocenters. The average Bonchev–Trinajstić information content (AvgIpc) is 2.99. The van der Waals surface area contributed by atoms with E-state index in [1.807, 2.05) is 12.2 Å². The number of carbonyl (C=O) groups is 2. The fourth-order valence-electron chi connectivity index (χ4n) is 3.49. The normalized spacial score (nSPS) is 38.1. The molecule has 0 aromatic heterocycles. The average molecular weight is 251 g/mol. The maximum absolute atomic E-state index is 12.5. The third-order valence-electron chi connectivity index (χ3n) is 4.35. The summed E-state index contributed by atoms with van der Waals surface area (Å²) in [6, 6.07) is 0. The van der Waals surface area contributed by atoms with Crippen molar-refractivity contribution in [3.05, 3.63) is 12.2 Å². The summed E-state index contributed by atoms with van der Waals surface area (Å²) in [5.74, 6) is -1.57. The monoisotopic (exact) mass is 251 g/mol. The van der Waals surface area contributed by atoms with E-state index in [2.05, 4.69) is 0 Å². The lowest BCUT2D eigenvalue weighted by Gasteiger charge is -2.33. The molecule has 1 aliphatic heterocycles. The van der Waals surface area contributed by atoms with E-state index in [1.54, 1.807) is 4.90 Å². The van der Waals surface area contributed by atoms with Gasteiger partial charge in [-0.15, -0.1) is 0 Å². The Hall–Kier alpha value is -1.36. The Labute approximate surface area is 105 Å². The summed E-state index contributed by atoms with van der Waals surface area (Å²) in [6.45, 7) is 2.28. The number of rotatable bonds is 2. The van der Waals surface area contributed by atoms with Gasteiger partial charge in [0, 0.05) is 13.1 Å². The standard InChI is InChI=1S/C13H17NO4/c15-12(14-3-5-18-6-4-14)10-8-1-2-9(7-8)11(10)13(16)17/h1-2,8-11H,3-7H2,(H,16,17)/t8-,9-,10-,11+/m0/s1. The number of amides is 1. The Balaban J connectivity index is 1.79. The lowest BCUT2D eigenvalue weighted by molar-refractivity contribution is -0.152. The van der Waals surface area contributed by atoms with E-state index >= 15 is 0 Å². The molecule has 18 heavy (non-hydrogen) atoms. The van der Waals surface area contributed by atoms with Gasteiger partial charge in [-0.2, -0.15) is 0 Å². The largest absolute Gasteiger partial charge is 0.481 e. The molecule has 3 aliphatic rings. The molecular formula is C13H17NO4. The van der Waals surface area contributed by atoms with E-state index in [4.69, 9.17) is 4.74 Å². The molecule has 5 nitrogen and oxygen atoms in total. The van der Waals surface area contributed by atoms with Crippen molar-refractivity contribution < 1.29 is 19.4 Å². The van der Waals surface area contributed by atoms with Crippen molar-refractivity contribution in [3.63, 3.8) is 0 Å². The van der Waals surface area contributed by atoms with E-state index in [-0.39, 0.29) is 23.7 Å². The minimum Gasteiger partial charge on any atom is -0.481 e. The highest BCUT2D eigenvalue weighted by atomic mass is 16.5. The van der Waals surface area contributed by atoms with Gasteiger partial charge >= 0.3 is 5.97 Å². The van der Waals surface area contributed by atoms with Crippen LogP contribution < -0.4 is 0 Å². The molecular weight excluding hydrogens is 234 g/mol. The first kappa shape index (κ1) is 11.7. The van der Waals surface area contributed by atoms with Gasteiger partial charge in [0.1, 0.15) is 0 Å². The highest BCUT2D eigenvalue weighted by molar-refractivity contribution is 5.87. The van der Waals surface area contributed by atoms with Crippen LogP contribution in [0.1, 0.15) is 6.42 Å². The minimum atomic E-state index is -0.835. The van der Waals surface area contributed by atoms with Crippen LogP contribution in [0, 0.1) is 23.7 Å². The van der Waals surface area contributed by atoms with Gasteiger partial charge in [-0.25, -0.2) is 0 Å². The summed E-state index contributed by atoms with van der Waals surface area (Å²) in [5, 5.41) is 9.32. The number of fused-ring (bicyclic) bond motifs is 2. The number of hydrogen-bond donors (Lipinski definition) is 1. The van der Waals surface area contributed by atoms with E-state index in [9.17, 15) is 14.7 Å². The number of morpholine rings is 1. The lowest BCUT2D eigenvalue weighted by Crippen LogP contribution is -2.47. The third-order valence-corrected chi connectivity index (χ3v) is 4.35. The third kappa shape index (κ3) is 1.73. The maximum atomic E-state index is 12.5. The van der Waals surface area contributed by atoms with Gasteiger partial charge in [-0.3, -0.25) is 9.59 Å². The number of nitrogens with zero attached hydrogens (tertiary/aromatic N) is 1. The molecule has 1 N–H and O–H groups in total. The zero-order chi connectivity index (χ0) is 12.7. The van der Waals surface area contributed by atoms with Crippen LogP contribution in [0.5, 0.6) is 0 Å². The van der Waals surface area contributed by atoms with Crippen LogP contribution in [0.3, 0.4) is 0 Å². The number of hydrogen-bond acceptors (Lipinski definition) is 3. The van der Waals surface area contributed by atoms with Crippen molar-refractivity contribution in [2.45, 2.75) is 6.42 Å². The number of ether oxygens (including phenoxy) is 1. The van der Waals surface area contributed by atoms with E-state index in [1.165, 1.54) is 0 Å². The number of carboxylic acids is 1. The lowest BCUT2D eigenvalue weighted by atomic mass is 9.82. The first-order valence-electron chi connectivity index (χ1n) is 6.46. The van der Waals surface area contributed by atoms with Gasteiger partial charge in [0.2, 0.25) is 5.91 Å². The highest BCUT2D eigenvalue weighted by Crippen LogP contribution is 2.48. The fraction of sp³-hybridized carbons (Fsp3) is 0.692. The molecule has 0 aromatic carbocycles. The maximum Gasteiger partial charge on any atom is 0.307 e. The number of carbonyl (C=O) groups excluding carboxylic acids is 1. The summed E-state index contributed by atoms with van der Waals surface area (Å²) >= 11 is 0. The predicted molar refractivity (Wildman–Crippen MR) is 62.8 cm³/mol. The number of carboxylic acid groups (broad SMARTS) is 1. The quantitative estimate of drug-likeness (QED) is 0.720. The molecule has 1 heterocycles. The van der Waals surface area contributed by atoms with Crippen LogP contribution in [0.15, 0.2) is 12.2 Å². The van der Waals surface area contributed by atoms with Crippen molar-refractivity contribution in [2.24, 2.45) is 23.7 Å². The topological polar surface area (TPSA) is 66.8 Å². The summed E-state index contributed by atoms with van der Waals surface area (Å²) in [4.78, 5) is 25.6. The molecule has 5 heteroatoms. The zero-order valence-corrected chi connectivity index (χ0v) is 10.1. The zero-order valence-electron chi connectivity index (χ0n) is 10.1. The van der Waals surface area contributed by atoms with Crippen LogP contribution in [0.25, 0.3) is 0 Å². The van der Waals surface area contributed by atoms with E-state index in [0.29, 0.717) is 26.3 Å². The van der Waals surface area contributed by atoms with Gasteiger partial charge in [-0.1, -0.05) is 12.2 Å². The smallest absolute Gasteiger partial charge is 0.307 e. The number of allylic oxidation sites excluding steroid dienone is 2. The molecule has 1 amide bonds. The molecule has 0 radical (unpaired) electrons. The van der Waals surface area contributed by atoms with Crippen molar-refractivity contribution in [1.82, 2.24) is 4.90 Å². The van der Waals surface area contributed by atoms with Crippen molar-refractivity contribution in [2.75, 3.05) is 26.3 Å². The Morgan fingerprint density at radius 3 is 2.33 bits per heavy atom. The van der Waals surface area contributed by atoms with E-state index in [0.717, 1.165) is 6.42 Å². The SMILES string of the molecule is O=C(O)[C@H]1[C@@H](C(=O)N2CCOCC2)[C@H]2C=C[C@H]1C2. The fourth-order valence-corrected chi connectivity index (χ4v) is 3.49.